The molecule has 0 aliphatic heterocycles. The molecule has 0 spiro atoms. The van der Waals surface area contributed by atoms with E-state index in [1.807, 2.05) is 43.7 Å². The molecule has 4 rings (SSSR count). The fraction of sp³-hybridized carbons (Fsp3) is 0.400. The molecule has 26 heavy (non-hydrogen) atoms. The maximum Gasteiger partial charge on any atom is 0.139 e. The number of aromatic nitrogens is 4. The van der Waals surface area contributed by atoms with Crippen molar-refractivity contribution in [1.82, 2.24) is 24.8 Å². The lowest BCUT2D eigenvalue weighted by Crippen LogP contribution is -2.35. The van der Waals surface area contributed by atoms with Gasteiger partial charge in [-0.2, -0.15) is 0 Å². The van der Waals surface area contributed by atoms with Crippen molar-refractivity contribution in [2.75, 3.05) is 0 Å². The number of nitrogens with zero attached hydrogens (tertiary/aromatic N) is 3. The predicted molar refractivity (Wildman–Crippen MR) is 100 cm³/mol. The Balaban J connectivity index is 1.37. The molecule has 2 heterocycles. The zero-order chi connectivity index (χ0) is 17.9. The van der Waals surface area contributed by atoms with Crippen LogP contribution in [0.5, 0.6) is 0 Å². The number of imidazole rings is 2. The predicted octanol–water partition coefficient (Wildman–Crippen LogP) is 2.51. The van der Waals surface area contributed by atoms with Gasteiger partial charge >= 0.3 is 0 Å². The van der Waals surface area contributed by atoms with Crippen LogP contribution < -0.4 is 5.32 Å². The Hall–Kier alpha value is -2.44. The molecule has 136 valence electrons. The molecular formula is C20H25N5O. The Kier molecular flexibility index (Phi) is 4.86. The van der Waals surface area contributed by atoms with Gasteiger partial charge in [0.05, 0.1) is 6.10 Å². The van der Waals surface area contributed by atoms with Crippen LogP contribution in [-0.4, -0.2) is 36.8 Å². The van der Waals surface area contributed by atoms with Crippen molar-refractivity contribution in [3.05, 3.63) is 60.4 Å². The summed E-state index contributed by atoms with van der Waals surface area (Å²) >= 11 is 0. The van der Waals surface area contributed by atoms with Crippen LogP contribution in [0.1, 0.15) is 24.4 Å². The van der Waals surface area contributed by atoms with Gasteiger partial charge in [-0.25, -0.2) is 9.97 Å². The average Bonchev–Trinajstić information content (AvgIpc) is 3.35. The summed E-state index contributed by atoms with van der Waals surface area (Å²) in [7, 11) is 0. The third-order valence-corrected chi connectivity index (χ3v) is 5.14. The molecule has 3 N–H and O–H groups in total. The largest absolute Gasteiger partial charge is 0.391 e. The van der Waals surface area contributed by atoms with Gasteiger partial charge < -0.3 is 20.0 Å². The number of hydrogen-bond acceptors (Lipinski definition) is 4. The minimum atomic E-state index is -0.312. The van der Waals surface area contributed by atoms with E-state index in [1.54, 1.807) is 0 Å². The first kappa shape index (κ1) is 17.0. The smallest absolute Gasteiger partial charge is 0.139 e. The van der Waals surface area contributed by atoms with Gasteiger partial charge in [0.2, 0.25) is 0 Å². The molecule has 1 aliphatic rings. The third kappa shape index (κ3) is 3.71. The van der Waals surface area contributed by atoms with Gasteiger partial charge in [-0.05, 0) is 25.7 Å². The number of benzene rings is 1. The van der Waals surface area contributed by atoms with Crippen molar-refractivity contribution in [3.63, 3.8) is 0 Å². The van der Waals surface area contributed by atoms with Gasteiger partial charge in [0.15, 0.2) is 0 Å². The highest BCUT2D eigenvalue weighted by Crippen LogP contribution is 2.29. The molecule has 6 nitrogen and oxygen atoms in total. The van der Waals surface area contributed by atoms with Crippen LogP contribution in [0, 0.1) is 12.8 Å². The number of aryl methyl sites for hydroxylation is 1. The van der Waals surface area contributed by atoms with Gasteiger partial charge in [0.25, 0.3) is 0 Å². The molecular weight excluding hydrogens is 326 g/mol. The van der Waals surface area contributed by atoms with E-state index in [0.29, 0.717) is 12.5 Å². The molecule has 0 bridgehead atoms. The molecule has 0 saturated heterocycles. The maximum atomic E-state index is 10.4. The molecule has 1 aromatic carbocycles. The van der Waals surface area contributed by atoms with Crippen LogP contribution >= 0.6 is 0 Å². The molecule has 3 aromatic rings. The Morgan fingerprint density at radius 2 is 2.08 bits per heavy atom. The van der Waals surface area contributed by atoms with Crippen LogP contribution in [0.2, 0.25) is 0 Å². The highest BCUT2D eigenvalue weighted by atomic mass is 16.3. The quantitative estimate of drug-likeness (QED) is 0.638. The van der Waals surface area contributed by atoms with E-state index in [1.165, 1.54) is 0 Å². The summed E-state index contributed by atoms with van der Waals surface area (Å²) in [5, 5.41) is 13.9. The summed E-state index contributed by atoms with van der Waals surface area (Å²) in [6.07, 6.45) is 7.19. The second kappa shape index (κ2) is 7.43. The van der Waals surface area contributed by atoms with Crippen LogP contribution in [0.3, 0.4) is 0 Å². The van der Waals surface area contributed by atoms with Crippen LogP contribution in [-0.2, 0) is 13.1 Å². The Labute approximate surface area is 153 Å². The van der Waals surface area contributed by atoms with Crippen LogP contribution in [0.4, 0.5) is 0 Å². The monoisotopic (exact) mass is 351 g/mol. The lowest BCUT2D eigenvalue weighted by Gasteiger charge is -2.16. The molecule has 1 saturated carbocycles. The Morgan fingerprint density at radius 3 is 2.85 bits per heavy atom. The van der Waals surface area contributed by atoms with Crippen molar-refractivity contribution in [3.8, 4) is 11.4 Å². The summed E-state index contributed by atoms with van der Waals surface area (Å²) in [4.78, 5) is 12.0. The molecule has 6 heteroatoms. The molecule has 0 amide bonds. The SMILES string of the molecule is Cc1ncc(CN[C@@H]2CC(Cn3ccnc3-c3ccccc3)C[C@H]2O)[nH]1. The highest BCUT2D eigenvalue weighted by Gasteiger charge is 2.33. The first-order valence-corrected chi connectivity index (χ1v) is 9.17. The number of rotatable bonds is 6. The van der Waals surface area contributed by atoms with Gasteiger partial charge in [-0.15, -0.1) is 0 Å². The van der Waals surface area contributed by atoms with E-state index in [9.17, 15) is 5.11 Å². The van der Waals surface area contributed by atoms with Crippen molar-refractivity contribution in [1.29, 1.82) is 0 Å². The van der Waals surface area contributed by atoms with E-state index in [0.717, 1.165) is 42.3 Å². The van der Waals surface area contributed by atoms with Gasteiger partial charge in [-0.1, -0.05) is 30.3 Å². The second-order valence-electron chi connectivity index (χ2n) is 7.16. The van der Waals surface area contributed by atoms with E-state index in [2.05, 4.69) is 37.0 Å². The number of aromatic amines is 1. The lowest BCUT2D eigenvalue weighted by molar-refractivity contribution is 0.145. The fourth-order valence-corrected chi connectivity index (χ4v) is 3.87. The van der Waals surface area contributed by atoms with E-state index < -0.39 is 0 Å². The molecule has 1 aliphatic carbocycles. The van der Waals surface area contributed by atoms with Crippen molar-refractivity contribution >= 4 is 0 Å². The summed E-state index contributed by atoms with van der Waals surface area (Å²) in [5.74, 6) is 2.34. The van der Waals surface area contributed by atoms with Crippen molar-refractivity contribution < 1.29 is 5.11 Å². The number of nitrogens with one attached hydrogen (secondary N) is 2. The molecule has 2 aromatic heterocycles. The normalized spacial score (nSPS) is 22.8. The number of H-pyrrole nitrogens is 1. The molecule has 1 fully saturated rings. The van der Waals surface area contributed by atoms with Crippen LogP contribution in [0.25, 0.3) is 11.4 Å². The average molecular weight is 351 g/mol. The molecule has 0 radical (unpaired) electrons. The number of aliphatic hydroxyl groups excluding tert-OH is 1. The van der Waals surface area contributed by atoms with Crippen molar-refractivity contribution in [2.24, 2.45) is 5.92 Å². The topological polar surface area (TPSA) is 78.8 Å². The van der Waals surface area contributed by atoms with E-state index >= 15 is 0 Å². The lowest BCUT2D eigenvalue weighted by atomic mass is 10.1. The molecule has 1 unspecified atom stereocenters. The highest BCUT2D eigenvalue weighted by molar-refractivity contribution is 5.55. The Morgan fingerprint density at radius 1 is 1.23 bits per heavy atom. The van der Waals surface area contributed by atoms with Crippen LogP contribution in [0.15, 0.2) is 48.9 Å². The zero-order valence-corrected chi connectivity index (χ0v) is 15.0. The number of hydrogen-bond donors (Lipinski definition) is 3. The van der Waals surface area contributed by atoms with E-state index in [-0.39, 0.29) is 12.1 Å². The summed E-state index contributed by atoms with van der Waals surface area (Å²) in [6.45, 7) is 3.53. The minimum Gasteiger partial charge on any atom is -0.391 e. The maximum absolute atomic E-state index is 10.4. The Bertz CT molecular complexity index is 841. The summed E-state index contributed by atoms with van der Waals surface area (Å²) < 4.78 is 2.20. The summed E-state index contributed by atoms with van der Waals surface area (Å²) in [5.41, 5.74) is 2.18. The van der Waals surface area contributed by atoms with Gasteiger partial charge in [0, 0.05) is 49.0 Å². The van der Waals surface area contributed by atoms with Gasteiger partial charge in [-0.3, -0.25) is 0 Å². The first-order chi connectivity index (χ1) is 12.7. The fourth-order valence-electron chi connectivity index (χ4n) is 3.87. The van der Waals surface area contributed by atoms with Gasteiger partial charge in [0.1, 0.15) is 11.6 Å². The zero-order valence-electron chi connectivity index (χ0n) is 15.0. The minimum absolute atomic E-state index is 0.118. The van der Waals surface area contributed by atoms with Crippen molar-refractivity contribution in [2.45, 2.75) is 45.0 Å². The standard InChI is InChI=1S/C20H25N5O/c1-14-22-11-17(24-14)12-23-18-9-15(10-19(18)26)13-25-8-7-21-20(25)16-5-3-2-4-6-16/h2-8,11,15,18-19,23,26H,9-10,12-13H2,1H3,(H,22,24)/t15?,18-,19-/m1/s1. The number of aliphatic hydroxyl groups is 1. The first-order valence-electron chi connectivity index (χ1n) is 9.17. The molecule has 3 atom stereocenters. The third-order valence-electron chi connectivity index (χ3n) is 5.14. The summed E-state index contributed by atoms with van der Waals surface area (Å²) in [6, 6.07) is 10.4. The van der Waals surface area contributed by atoms with E-state index in [4.69, 9.17) is 0 Å². The second-order valence-corrected chi connectivity index (χ2v) is 7.16.